The minimum Gasteiger partial charge on any atom is -0.269 e. The van der Waals surface area contributed by atoms with Gasteiger partial charge < -0.3 is 0 Å². The third kappa shape index (κ3) is 2.74. The standard InChI is InChI=1S/C10H9Cl2F2N3OS/c1-6-15(8-5-3-2-4-7(8)13)10(18)16(14)17(6)19-9(11)12/h2-6,9H,1H3. The van der Waals surface area contributed by atoms with Crippen molar-refractivity contribution in [1.82, 2.24) is 9.65 Å². The van der Waals surface area contributed by atoms with Gasteiger partial charge in [0.25, 0.3) is 0 Å². The van der Waals surface area contributed by atoms with E-state index in [0.717, 1.165) is 9.31 Å². The summed E-state index contributed by atoms with van der Waals surface area (Å²) in [7, 11) is 0. The summed E-state index contributed by atoms with van der Waals surface area (Å²) in [6.07, 6.45) is -0.764. The molecule has 19 heavy (non-hydrogen) atoms. The second-order valence-electron chi connectivity index (χ2n) is 3.66. The van der Waals surface area contributed by atoms with Gasteiger partial charge in [0, 0.05) is 0 Å². The number of hydrazine groups is 1. The number of para-hydroxylation sites is 1. The van der Waals surface area contributed by atoms with Gasteiger partial charge in [0.1, 0.15) is 12.0 Å². The molecule has 0 radical (unpaired) electrons. The molecule has 4 nitrogen and oxygen atoms in total. The maximum Gasteiger partial charge on any atom is 0.370 e. The molecule has 1 fully saturated rings. The second kappa shape index (κ2) is 5.70. The lowest BCUT2D eigenvalue weighted by atomic mass is 10.2. The van der Waals surface area contributed by atoms with E-state index in [2.05, 4.69) is 0 Å². The highest BCUT2D eigenvalue weighted by Gasteiger charge is 2.45. The van der Waals surface area contributed by atoms with Crippen molar-refractivity contribution >= 4 is 46.9 Å². The molecule has 0 bridgehead atoms. The Morgan fingerprint density at radius 3 is 2.58 bits per heavy atom. The van der Waals surface area contributed by atoms with Crippen LogP contribution in [0.1, 0.15) is 6.92 Å². The summed E-state index contributed by atoms with van der Waals surface area (Å²) in [6.45, 7) is 1.53. The number of hydrogen-bond acceptors (Lipinski definition) is 3. The van der Waals surface area contributed by atoms with Gasteiger partial charge in [-0.3, -0.25) is 4.90 Å². The Hall–Kier alpha value is -0.760. The topological polar surface area (TPSA) is 26.8 Å². The summed E-state index contributed by atoms with van der Waals surface area (Å²) in [5.74, 6) is -0.615. The van der Waals surface area contributed by atoms with Crippen LogP contribution in [0.4, 0.5) is 19.4 Å². The SMILES string of the molecule is CC1N(c2ccccc2F)C(=O)N(F)N1SC(Cl)Cl. The highest BCUT2D eigenvalue weighted by molar-refractivity contribution is 8.00. The predicted molar refractivity (Wildman–Crippen MR) is 71.6 cm³/mol. The Morgan fingerprint density at radius 1 is 1.37 bits per heavy atom. The van der Waals surface area contributed by atoms with Crippen LogP contribution in [0.2, 0.25) is 0 Å². The van der Waals surface area contributed by atoms with Crippen LogP contribution < -0.4 is 4.90 Å². The zero-order valence-corrected chi connectivity index (χ0v) is 12.0. The van der Waals surface area contributed by atoms with Crippen molar-refractivity contribution < 1.29 is 13.7 Å². The van der Waals surface area contributed by atoms with Gasteiger partial charge in [-0.1, -0.05) is 45.0 Å². The van der Waals surface area contributed by atoms with Gasteiger partial charge in [0.15, 0.2) is 4.17 Å². The van der Waals surface area contributed by atoms with Crippen LogP contribution in [0, 0.1) is 5.82 Å². The van der Waals surface area contributed by atoms with Crippen molar-refractivity contribution in [3.8, 4) is 0 Å². The molecule has 1 aromatic rings. The van der Waals surface area contributed by atoms with Gasteiger partial charge in [-0.25, -0.2) is 9.18 Å². The van der Waals surface area contributed by atoms with Crippen LogP contribution in [-0.4, -0.2) is 26.0 Å². The number of carbonyl (C=O) groups excluding carboxylic acids is 1. The average Bonchev–Trinajstić information content (AvgIpc) is 2.55. The molecular weight excluding hydrogens is 319 g/mol. The van der Waals surface area contributed by atoms with Crippen molar-refractivity contribution in [1.29, 1.82) is 0 Å². The van der Waals surface area contributed by atoms with Gasteiger partial charge in [0.2, 0.25) is 0 Å². The first-order valence-electron chi connectivity index (χ1n) is 5.21. The quantitative estimate of drug-likeness (QED) is 0.478. The predicted octanol–water partition coefficient (Wildman–Crippen LogP) is 3.92. The first kappa shape index (κ1) is 14.6. The maximum absolute atomic E-state index is 13.8. The number of halogens is 4. The summed E-state index contributed by atoms with van der Waals surface area (Å²) in [5, 5.41) is -0.139. The molecule has 0 aromatic heterocycles. The van der Waals surface area contributed by atoms with Crippen molar-refractivity contribution in [3.05, 3.63) is 30.1 Å². The molecule has 0 spiro atoms. The lowest BCUT2D eigenvalue weighted by Crippen LogP contribution is -2.35. The minimum absolute atomic E-state index is 0.00792. The number of rotatable bonds is 3. The van der Waals surface area contributed by atoms with Crippen molar-refractivity contribution in [2.24, 2.45) is 0 Å². The van der Waals surface area contributed by atoms with Crippen molar-refractivity contribution in [3.63, 3.8) is 0 Å². The molecule has 2 amide bonds. The van der Waals surface area contributed by atoms with E-state index in [4.69, 9.17) is 23.2 Å². The van der Waals surface area contributed by atoms with E-state index in [0.29, 0.717) is 11.9 Å². The van der Waals surface area contributed by atoms with Gasteiger partial charge >= 0.3 is 6.03 Å². The molecule has 1 heterocycles. The summed E-state index contributed by atoms with van der Waals surface area (Å²) >= 11 is 11.8. The first-order valence-corrected chi connectivity index (χ1v) is 6.92. The number of urea groups is 1. The van der Waals surface area contributed by atoms with Crippen LogP contribution in [0.3, 0.4) is 0 Å². The lowest BCUT2D eigenvalue weighted by molar-refractivity contribution is -0.0427. The van der Waals surface area contributed by atoms with E-state index in [1.54, 1.807) is 6.07 Å². The van der Waals surface area contributed by atoms with E-state index in [9.17, 15) is 13.7 Å². The van der Waals surface area contributed by atoms with Gasteiger partial charge in [-0.15, -0.1) is 4.41 Å². The third-order valence-electron chi connectivity index (χ3n) is 2.53. The molecule has 1 unspecified atom stereocenters. The number of nitrogens with zero attached hydrogens (tertiary/aromatic N) is 3. The largest absolute Gasteiger partial charge is 0.370 e. The zero-order chi connectivity index (χ0) is 14.2. The van der Waals surface area contributed by atoms with Crippen molar-refractivity contribution in [2.45, 2.75) is 17.3 Å². The molecule has 2 rings (SSSR count). The molecular formula is C10H9Cl2F2N3OS. The fraction of sp³-hybridized carbons (Fsp3) is 0.300. The molecule has 1 aliphatic rings. The number of amides is 2. The van der Waals surface area contributed by atoms with Crippen LogP contribution in [0.15, 0.2) is 24.3 Å². The van der Waals surface area contributed by atoms with E-state index >= 15 is 0 Å². The maximum atomic E-state index is 13.8. The smallest absolute Gasteiger partial charge is 0.269 e. The molecule has 0 aliphatic carbocycles. The summed E-state index contributed by atoms with van der Waals surface area (Å²) in [6, 6.07) is 4.63. The first-order chi connectivity index (χ1) is 8.93. The van der Waals surface area contributed by atoms with Crippen LogP contribution in [0.25, 0.3) is 0 Å². The highest BCUT2D eigenvalue weighted by atomic mass is 35.5. The Labute approximate surface area is 122 Å². The van der Waals surface area contributed by atoms with Gasteiger partial charge in [-0.2, -0.15) is 0 Å². The Bertz CT molecular complexity index is 494. The number of hydrogen-bond donors (Lipinski definition) is 0. The molecule has 104 valence electrons. The lowest BCUT2D eigenvalue weighted by Gasteiger charge is -2.24. The summed E-state index contributed by atoms with van der Waals surface area (Å²) in [4.78, 5) is 12.8. The summed E-state index contributed by atoms with van der Waals surface area (Å²) in [5.41, 5.74) is -0.00792. The Morgan fingerprint density at radius 2 is 2.00 bits per heavy atom. The van der Waals surface area contributed by atoms with Crippen molar-refractivity contribution in [2.75, 3.05) is 4.90 Å². The minimum atomic E-state index is -1.00. The van der Waals surface area contributed by atoms with Gasteiger partial charge in [0.05, 0.1) is 5.69 Å². The molecule has 1 aliphatic heterocycles. The third-order valence-corrected chi connectivity index (χ3v) is 3.83. The number of carbonyl (C=O) groups is 1. The number of anilines is 1. The van der Waals surface area contributed by atoms with E-state index < -0.39 is 22.2 Å². The molecule has 9 heteroatoms. The van der Waals surface area contributed by atoms with Crippen LogP contribution >= 0.6 is 35.1 Å². The Balaban J connectivity index is 2.32. The van der Waals surface area contributed by atoms with E-state index in [1.165, 1.54) is 25.1 Å². The Kier molecular flexibility index (Phi) is 4.39. The molecule has 1 saturated heterocycles. The van der Waals surface area contributed by atoms with Crippen LogP contribution in [0.5, 0.6) is 0 Å². The highest BCUT2D eigenvalue weighted by Crippen LogP contribution is 2.37. The monoisotopic (exact) mass is 327 g/mol. The fourth-order valence-electron chi connectivity index (χ4n) is 1.74. The normalized spacial score (nSPS) is 20.7. The summed E-state index contributed by atoms with van der Waals surface area (Å²) < 4.78 is 27.5. The number of alkyl halides is 2. The van der Waals surface area contributed by atoms with Crippen LogP contribution in [-0.2, 0) is 0 Å². The molecule has 0 saturated carbocycles. The van der Waals surface area contributed by atoms with E-state index in [-0.39, 0.29) is 10.9 Å². The second-order valence-corrected chi connectivity index (χ2v) is 6.33. The number of benzene rings is 1. The fourth-order valence-corrected chi connectivity index (χ4v) is 2.82. The van der Waals surface area contributed by atoms with E-state index in [1.807, 2.05) is 0 Å². The van der Waals surface area contributed by atoms with Gasteiger partial charge in [-0.05, 0) is 31.0 Å². The molecule has 0 N–H and O–H groups in total. The molecule has 1 atom stereocenters. The average molecular weight is 328 g/mol. The zero-order valence-electron chi connectivity index (χ0n) is 9.63. The molecule has 1 aromatic carbocycles.